The van der Waals surface area contributed by atoms with Gasteiger partial charge in [-0.15, -0.1) is 0 Å². The van der Waals surface area contributed by atoms with Gasteiger partial charge in [0.05, 0.1) is 5.75 Å². The Morgan fingerprint density at radius 2 is 1.56 bits per heavy atom. The summed E-state index contributed by atoms with van der Waals surface area (Å²) in [6, 6.07) is 6.04. The Bertz CT molecular complexity index is 686. The molecule has 0 spiro atoms. The minimum Gasteiger partial charge on any atom is -0.394 e. The van der Waals surface area contributed by atoms with Gasteiger partial charge in [0.25, 0.3) is 0 Å². The molecule has 0 saturated heterocycles. The van der Waals surface area contributed by atoms with Gasteiger partial charge in [0, 0.05) is 11.1 Å². The van der Waals surface area contributed by atoms with Crippen molar-refractivity contribution >= 4 is 21.4 Å². The van der Waals surface area contributed by atoms with Crippen molar-refractivity contribution in [2.75, 3.05) is 5.75 Å². The lowest BCUT2D eigenvalue weighted by atomic mass is 9.93. The van der Waals surface area contributed by atoms with E-state index >= 15 is 0 Å². The predicted octanol–water partition coefficient (Wildman–Crippen LogP) is 0.671. The lowest BCUT2D eigenvalue weighted by Gasteiger charge is -2.17. The van der Waals surface area contributed by atoms with Crippen molar-refractivity contribution < 1.29 is 18.0 Å². The van der Waals surface area contributed by atoms with Gasteiger partial charge in [-0.25, -0.2) is 8.42 Å². The largest absolute Gasteiger partial charge is 0.394 e. The van der Waals surface area contributed by atoms with E-state index in [-0.39, 0.29) is 16.9 Å². The number of ketones is 2. The second-order valence-electron chi connectivity index (χ2n) is 3.85. The van der Waals surface area contributed by atoms with E-state index in [9.17, 15) is 18.0 Å². The minimum absolute atomic E-state index is 0.0868. The molecule has 1 aromatic carbocycles. The number of sulfone groups is 1. The van der Waals surface area contributed by atoms with E-state index < -0.39 is 32.0 Å². The second kappa shape index (κ2) is 4.06. The van der Waals surface area contributed by atoms with Gasteiger partial charge in [-0.3, -0.25) is 9.59 Å². The number of rotatable bonds is 2. The number of carbonyl (C=O) groups is 2. The highest BCUT2D eigenvalue weighted by Gasteiger charge is 2.36. The summed E-state index contributed by atoms with van der Waals surface area (Å²) in [5, 5.41) is 0. The summed E-state index contributed by atoms with van der Waals surface area (Å²) in [5.41, 5.74) is 5.27. The van der Waals surface area contributed by atoms with Gasteiger partial charge >= 0.3 is 0 Å². The molecule has 0 fully saturated rings. The van der Waals surface area contributed by atoms with Gasteiger partial charge in [0.15, 0.2) is 9.84 Å². The van der Waals surface area contributed by atoms with Crippen molar-refractivity contribution in [3.05, 3.63) is 46.0 Å². The quantitative estimate of drug-likeness (QED) is 0.848. The fraction of sp³-hybridized carbons (Fsp3) is 0.167. The normalized spacial score (nSPS) is 15.8. The van der Waals surface area contributed by atoms with Crippen LogP contribution in [0.5, 0.6) is 0 Å². The fourth-order valence-electron chi connectivity index (χ4n) is 1.83. The molecule has 0 aliphatic heterocycles. The summed E-state index contributed by atoms with van der Waals surface area (Å²) < 4.78 is 23.6. The Morgan fingerprint density at radius 1 is 1.06 bits per heavy atom. The number of nitrogens with two attached hydrogens (primary N) is 1. The van der Waals surface area contributed by atoms with Crippen LogP contribution in [-0.4, -0.2) is 25.7 Å². The van der Waals surface area contributed by atoms with E-state index in [1.54, 1.807) is 12.1 Å². The van der Waals surface area contributed by atoms with Gasteiger partial charge in [-0.2, -0.15) is 0 Å². The van der Waals surface area contributed by atoms with Crippen molar-refractivity contribution in [3.8, 4) is 0 Å². The molecule has 0 heterocycles. The molecule has 0 aromatic heterocycles. The monoisotopic (exact) mass is 265 g/mol. The standard InChI is InChI=1S/C12H11NO4S/c1-2-18(16,17)12-9(13)10(14)7-5-3-4-6-8(7)11(12)15/h3-6H,2,13H2,1H3. The number of hydrogen-bond donors (Lipinski definition) is 1. The SMILES string of the molecule is CCS(=O)(=O)C1=C(N)C(=O)c2ccccc2C1=O. The summed E-state index contributed by atoms with van der Waals surface area (Å²) in [6.07, 6.45) is 0. The first-order chi connectivity index (χ1) is 8.40. The van der Waals surface area contributed by atoms with Crippen molar-refractivity contribution in [1.29, 1.82) is 0 Å². The Morgan fingerprint density at radius 3 is 2.06 bits per heavy atom. The summed E-state index contributed by atoms with van der Waals surface area (Å²) in [6.45, 7) is 1.40. The van der Waals surface area contributed by atoms with Gasteiger partial charge in [0.2, 0.25) is 11.6 Å². The molecule has 18 heavy (non-hydrogen) atoms. The number of allylic oxidation sites excluding steroid dienone is 2. The highest BCUT2D eigenvalue weighted by molar-refractivity contribution is 7.96. The molecule has 1 aliphatic rings. The van der Waals surface area contributed by atoms with Gasteiger partial charge in [-0.1, -0.05) is 31.2 Å². The topological polar surface area (TPSA) is 94.3 Å². The average molecular weight is 265 g/mol. The van der Waals surface area contributed by atoms with Crippen LogP contribution >= 0.6 is 0 Å². The van der Waals surface area contributed by atoms with Crippen LogP contribution in [0.1, 0.15) is 27.6 Å². The number of hydrogen-bond acceptors (Lipinski definition) is 5. The summed E-state index contributed by atoms with van der Waals surface area (Å²) >= 11 is 0. The van der Waals surface area contributed by atoms with E-state index in [0.717, 1.165) is 0 Å². The summed E-state index contributed by atoms with van der Waals surface area (Å²) in [7, 11) is -3.81. The molecule has 2 N–H and O–H groups in total. The maximum atomic E-state index is 12.1. The number of fused-ring (bicyclic) bond motifs is 1. The van der Waals surface area contributed by atoms with Crippen LogP contribution < -0.4 is 5.73 Å². The molecule has 0 unspecified atom stereocenters. The smallest absolute Gasteiger partial charge is 0.210 e. The lowest BCUT2D eigenvalue weighted by Crippen LogP contribution is -2.30. The zero-order valence-electron chi connectivity index (χ0n) is 9.64. The Labute approximate surface area is 104 Å². The predicted molar refractivity (Wildman–Crippen MR) is 65.8 cm³/mol. The molecule has 6 heteroatoms. The van der Waals surface area contributed by atoms with E-state index in [1.807, 2.05) is 0 Å². The molecule has 1 aliphatic carbocycles. The minimum atomic E-state index is -3.81. The third kappa shape index (κ3) is 1.65. The maximum absolute atomic E-state index is 12.1. The zero-order chi connectivity index (χ0) is 13.5. The fourth-order valence-corrected chi connectivity index (χ4v) is 2.93. The van der Waals surface area contributed by atoms with Crippen LogP contribution in [0.4, 0.5) is 0 Å². The number of Topliss-reactive ketones (excluding diaryl/α,β-unsaturated/α-hetero) is 2. The first-order valence-corrected chi connectivity index (χ1v) is 6.96. The molecular formula is C12H11NO4S. The van der Waals surface area contributed by atoms with Crippen molar-refractivity contribution in [3.63, 3.8) is 0 Å². The Balaban J connectivity index is 2.76. The molecule has 0 bridgehead atoms. The summed E-state index contributed by atoms with van der Waals surface area (Å²) in [4.78, 5) is 23.5. The van der Waals surface area contributed by atoms with Crippen LogP contribution in [0.3, 0.4) is 0 Å². The van der Waals surface area contributed by atoms with E-state index in [1.165, 1.54) is 19.1 Å². The summed E-state index contributed by atoms with van der Waals surface area (Å²) in [5.74, 6) is -1.59. The second-order valence-corrected chi connectivity index (χ2v) is 6.07. The number of benzene rings is 1. The molecule has 5 nitrogen and oxygen atoms in total. The van der Waals surface area contributed by atoms with E-state index in [0.29, 0.717) is 0 Å². The van der Waals surface area contributed by atoms with Crippen LogP contribution in [0.25, 0.3) is 0 Å². The van der Waals surface area contributed by atoms with E-state index in [4.69, 9.17) is 5.73 Å². The molecule has 0 atom stereocenters. The maximum Gasteiger partial charge on any atom is 0.210 e. The molecule has 0 saturated carbocycles. The van der Waals surface area contributed by atoms with Crippen molar-refractivity contribution in [1.82, 2.24) is 0 Å². The highest BCUT2D eigenvalue weighted by Crippen LogP contribution is 2.27. The molecular weight excluding hydrogens is 254 g/mol. The molecule has 2 rings (SSSR count). The van der Waals surface area contributed by atoms with Gasteiger partial charge in [-0.05, 0) is 0 Å². The third-order valence-corrected chi connectivity index (χ3v) is 4.59. The van der Waals surface area contributed by atoms with Crippen LogP contribution in [0, 0.1) is 0 Å². The highest BCUT2D eigenvalue weighted by atomic mass is 32.2. The number of carbonyl (C=O) groups excluding carboxylic acids is 2. The molecule has 0 radical (unpaired) electrons. The molecule has 0 amide bonds. The average Bonchev–Trinajstić information content (AvgIpc) is 2.36. The van der Waals surface area contributed by atoms with Crippen LogP contribution in [0.15, 0.2) is 34.9 Å². The molecule has 1 aromatic rings. The first-order valence-electron chi connectivity index (χ1n) is 5.31. The van der Waals surface area contributed by atoms with Gasteiger partial charge < -0.3 is 5.73 Å². The third-order valence-electron chi connectivity index (χ3n) is 2.80. The van der Waals surface area contributed by atoms with Crippen molar-refractivity contribution in [2.24, 2.45) is 5.73 Å². The lowest BCUT2D eigenvalue weighted by molar-refractivity contribution is 0.0979. The van der Waals surface area contributed by atoms with Crippen LogP contribution in [-0.2, 0) is 9.84 Å². The van der Waals surface area contributed by atoms with Crippen molar-refractivity contribution in [2.45, 2.75) is 6.92 Å². The zero-order valence-corrected chi connectivity index (χ0v) is 10.5. The first kappa shape index (κ1) is 12.5. The van der Waals surface area contributed by atoms with Crippen LogP contribution in [0.2, 0.25) is 0 Å². The molecule has 94 valence electrons. The Kier molecular flexibility index (Phi) is 2.82. The van der Waals surface area contributed by atoms with E-state index in [2.05, 4.69) is 0 Å². The van der Waals surface area contributed by atoms with Gasteiger partial charge in [0.1, 0.15) is 10.6 Å². The Hall–Kier alpha value is -1.95.